The van der Waals surface area contributed by atoms with E-state index in [1.54, 1.807) is 0 Å². The average molecular weight is 168 g/mol. The highest BCUT2D eigenvalue weighted by Gasteiger charge is 2.15. The van der Waals surface area contributed by atoms with E-state index < -0.39 is 0 Å². The molecule has 2 nitrogen and oxygen atoms in total. The largest absolute Gasteiger partial charge is 0.459 e. The maximum absolute atomic E-state index is 10.8. The van der Waals surface area contributed by atoms with E-state index in [1.165, 1.54) is 6.08 Å². The van der Waals surface area contributed by atoms with Crippen LogP contribution in [0.2, 0.25) is 0 Å². The van der Waals surface area contributed by atoms with Gasteiger partial charge in [-0.3, -0.25) is 0 Å². The summed E-state index contributed by atoms with van der Waals surface area (Å²) in [6.45, 7) is 4.36. The van der Waals surface area contributed by atoms with Gasteiger partial charge in [-0.05, 0) is 18.8 Å². The lowest BCUT2D eigenvalue weighted by molar-refractivity contribution is -0.144. The molecule has 0 aromatic rings. The van der Waals surface area contributed by atoms with Gasteiger partial charge in [0.15, 0.2) is 0 Å². The fraction of sp³-hybridized carbons (Fsp3) is 0.700. The van der Waals surface area contributed by atoms with Crippen molar-refractivity contribution in [1.29, 1.82) is 0 Å². The van der Waals surface area contributed by atoms with Crippen LogP contribution in [0.3, 0.4) is 0 Å². The number of esters is 1. The molecule has 2 heteroatoms. The van der Waals surface area contributed by atoms with Crippen molar-refractivity contribution in [3.05, 3.63) is 12.2 Å². The van der Waals surface area contributed by atoms with Gasteiger partial charge in [-0.25, -0.2) is 4.79 Å². The van der Waals surface area contributed by atoms with E-state index in [0.717, 1.165) is 19.3 Å². The number of hydrogen-bond acceptors (Lipinski definition) is 2. The Kier molecular flexibility index (Phi) is 3.32. The van der Waals surface area contributed by atoms with Gasteiger partial charge in [-0.1, -0.05) is 19.9 Å². The maximum Gasteiger partial charge on any atom is 0.330 e. The number of carbonyl (C=O) groups is 1. The van der Waals surface area contributed by atoms with Crippen LogP contribution in [0.15, 0.2) is 12.2 Å². The van der Waals surface area contributed by atoms with Gasteiger partial charge in [0.25, 0.3) is 0 Å². The Morgan fingerprint density at radius 2 is 2.42 bits per heavy atom. The molecule has 0 saturated heterocycles. The predicted molar refractivity (Wildman–Crippen MR) is 47.7 cm³/mol. The predicted octanol–water partition coefficient (Wildman–Crippen LogP) is 2.29. The Morgan fingerprint density at radius 1 is 1.67 bits per heavy atom. The van der Waals surface area contributed by atoms with Crippen molar-refractivity contribution in [2.75, 3.05) is 0 Å². The molecule has 12 heavy (non-hydrogen) atoms. The molecule has 68 valence electrons. The molecule has 0 radical (unpaired) electrons. The quantitative estimate of drug-likeness (QED) is 0.604. The van der Waals surface area contributed by atoms with Crippen LogP contribution in [-0.4, -0.2) is 12.1 Å². The summed E-state index contributed by atoms with van der Waals surface area (Å²) >= 11 is 0. The van der Waals surface area contributed by atoms with E-state index >= 15 is 0 Å². The summed E-state index contributed by atoms with van der Waals surface area (Å²) in [6.07, 6.45) is 6.55. The number of cyclic esters (lactones) is 1. The van der Waals surface area contributed by atoms with Gasteiger partial charge >= 0.3 is 5.97 Å². The molecule has 1 atom stereocenters. The van der Waals surface area contributed by atoms with Crippen molar-refractivity contribution < 1.29 is 9.53 Å². The second-order valence-corrected chi connectivity index (χ2v) is 3.67. The van der Waals surface area contributed by atoms with Crippen LogP contribution in [0, 0.1) is 5.92 Å². The molecular weight excluding hydrogens is 152 g/mol. The Hall–Kier alpha value is -0.790. The molecule has 1 rings (SSSR count). The summed E-state index contributed by atoms with van der Waals surface area (Å²) < 4.78 is 5.11. The molecule has 0 aromatic heterocycles. The molecule has 0 unspecified atom stereocenters. The molecular formula is C10H16O2. The van der Waals surface area contributed by atoms with E-state index in [1.807, 2.05) is 6.08 Å². The molecule has 1 aliphatic heterocycles. The number of ether oxygens (including phenoxy) is 1. The van der Waals surface area contributed by atoms with Crippen LogP contribution >= 0.6 is 0 Å². The lowest BCUT2D eigenvalue weighted by Gasteiger charge is -2.19. The van der Waals surface area contributed by atoms with Gasteiger partial charge < -0.3 is 4.74 Å². The second-order valence-electron chi connectivity index (χ2n) is 3.67. The van der Waals surface area contributed by atoms with E-state index in [2.05, 4.69) is 13.8 Å². The van der Waals surface area contributed by atoms with E-state index in [9.17, 15) is 4.79 Å². The topological polar surface area (TPSA) is 26.3 Å². The van der Waals surface area contributed by atoms with Gasteiger partial charge in [0.05, 0.1) is 0 Å². The highest BCUT2D eigenvalue weighted by Crippen LogP contribution is 2.15. The molecule has 0 N–H and O–H groups in total. The monoisotopic (exact) mass is 168 g/mol. The maximum atomic E-state index is 10.8. The lowest BCUT2D eigenvalue weighted by atomic mass is 10.0. The fourth-order valence-electron chi connectivity index (χ4n) is 1.26. The molecule has 0 fully saturated rings. The van der Waals surface area contributed by atoms with Crippen molar-refractivity contribution >= 4 is 5.97 Å². The summed E-state index contributed by atoms with van der Waals surface area (Å²) in [5, 5.41) is 0. The summed E-state index contributed by atoms with van der Waals surface area (Å²) in [7, 11) is 0. The minimum atomic E-state index is -0.185. The van der Waals surface area contributed by atoms with Gasteiger partial charge in [0.2, 0.25) is 0 Å². The zero-order valence-electron chi connectivity index (χ0n) is 7.75. The molecule has 0 saturated carbocycles. The van der Waals surface area contributed by atoms with Crippen LogP contribution in [-0.2, 0) is 9.53 Å². The number of rotatable bonds is 3. The molecule has 0 spiro atoms. The first-order valence-corrected chi connectivity index (χ1v) is 4.55. The van der Waals surface area contributed by atoms with E-state index in [-0.39, 0.29) is 12.1 Å². The molecule has 0 amide bonds. The molecule has 1 aliphatic rings. The Balaban J connectivity index is 2.25. The highest BCUT2D eigenvalue weighted by molar-refractivity contribution is 5.82. The summed E-state index contributed by atoms with van der Waals surface area (Å²) in [6, 6.07) is 0. The van der Waals surface area contributed by atoms with Gasteiger partial charge in [-0.2, -0.15) is 0 Å². The SMILES string of the molecule is CC(C)CC[C@H]1CC=CC(=O)O1. The van der Waals surface area contributed by atoms with Crippen LogP contribution < -0.4 is 0 Å². The van der Waals surface area contributed by atoms with E-state index in [0.29, 0.717) is 5.92 Å². The average Bonchev–Trinajstić information content (AvgIpc) is 2.01. The van der Waals surface area contributed by atoms with Crippen molar-refractivity contribution in [3.63, 3.8) is 0 Å². The van der Waals surface area contributed by atoms with Crippen LogP contribution in [0.5, 0.6) is 0 Å². The summed E-state index contributed by atoms with van der Waals surface area (Å²) in [4.78, 5) is 10.8. The van der Waals surface area contributed by atoms with Crippen molar-refractivity contribution in [3.8, 4) is 0 Å². The minimum absolute atomic E-state index is 0.130. The number of carbonyl (C=O) groups excluding carboxylic acids is 1. The van der Waals surface area contributed by atoms with Crippen molar-refractivity contribution in [2.45, 2.75) is 39.2 Å². The van der Waals surface area contributed by atoms with Gasteiger partial charge in [0.1, 0.15) is 6.10 Å². The standard InChI is InChI=1S/C10H16O2/c1-8(2)6-7-9-4-3-5-10(11)12-9/h3,5,8-9H,4,6-7H2,1-2H3/t9-/m1/s1. The molecule has 0 aliphatic carbocycles. The Labute approximate surface area is 73.6 Å². The third kappa shape index (κ3) is 3.07. The zero-order chi connectivity index (χ0) is 8.97. The zero-order valence-corrected chi connectivity index (χ0v) is 7.75. The fourth-order valence-corrected chi connectivity index (χ4v) is 1.26. The van der Waals surface area contributed by atoms with Crippen LogP contribution in [0.25, 0.3) is 0 Å². The Bertz CT molecular complexity index is 182. The normalized spacial score (nSPS) is 22.9. The smallest absolute Gasteiger partial charge is 0.330 e. The first-order chi connectivity index (χ1) is 5.68. The third-order valence-corrected chi connectivity index (χ3v) is 2.00. The third-order valence-electron chi connectivity index (χ3n) is 2.00. The minimum Gasteiger partial charge on any atom is -0.459 e. The lowest BCUT2D eigenvalue weighted by Crippen LogP contribution is -2.20. The van der Waals surface area contributed by atoms with Gasteiger partial charge in [-0.15, -0.1) is 0 Å². The van der Waals surface area contributed by atoms with Crippen LogP contribution in [0.4, 0.5) is 0 Å². The first kappa shape index (κ1) is 9.30. The van der Waals surface area contributed by atoms with Crippen LogP contribution in [0.1, 0.15) is 33.1 Å². The Morgan fingerprint density at radius 3 is 3.00 bits per heavy atom. The summed E-state index contributed by atoms with van der Waals surface area (Å²) in [5.74, 6) is 0.504. The van der Waals surface area contributed by atoms with E-state index in [4.69, 9.17) is 4.74 Å². The van der Waals surface area contributed by atoms with Crippen molar-refractivity contribution in [2.24, 2.45) is 5.92 Å². The summed E-state index contributed by atoms with van der Waals surface area (Å²) in [5.41, 5.74) is 0. The first-order valence-electron chi connectivity index (χ1n) is 4.55. The number of hydrogen-bond donors (Lipinski definition) is 0. The molecule has 0 aromatic carbocycles. The second kappa shape index (κ2) is 4.29. The van der Waals surface area contributed by atoms with Gasteiger partial charge in [0, 0.05) is 12.5 Å². The molecule has 1 heterocycles. The molecule has 0 bridgehead atoms. The highest BCUT2D eigenvalue weighted by atomic mass is 16.5. The van der Waals surface area contributed by atoms with Crippen molar-refractivity contribution in [1.82, 2.24) is 0 Å².